The number of aliphatic hydroxyl groups is 1. The van der Waals surface area contributed by atoms with Gasteiger partial charge in [0.25, 0.3) is 0 Å². The molecule has 1 N–H and O–H groups in total. The van der Waals surface area contributed by atoms with Crippen molar-refractivity contribution in [1.29, 1.82) is 0 Å². The Morgan fingerprint density at radius 1 is 0.957 bits per heavy atom. The number of halogens is 1. The number of hydrogen-bond acceptors (Lipinski definition) is 1. The van der Waals surface area contributed by atoms with Gasteiger partial charge in [0.2, 0.25) is 0 Å². The smallest absolute Gasteiger partial charge is 0.123 e. The molecule has 2 aromatic rings. The van der Waals surface area contributed by atoms with Gasteiger partial charge in [-0.1, -0.05) is 55.3 Å². The van der Waals surface area contributed by atoms with E-state index in [2.05, 4.69) is 24.3 Å². The highest BCUT2D eigenvalue weighted by Crippen LogP contribution is 2.39. The lowest BCUT2D eigenvalue weighted by molar-refractivity contribution is -0.0545. The average Bonchev–Trinajstić information content (AvgIpc) is 2.58. The molecular weight excluding hydrogens is 287 g/mol. The monoisotopic (exact) mass is 312 g/mol. The van der Waals surface area contributed by atoms with Crippen LogP contribution in [0.1, 0.15) is 43.2 Å². The van der Waals surface area contributed by atoms with Crippen molar-refractivity contribution in [3.63, 3.8) is 0 Å². The van der Waals surface area contributed by atoms with E-state index in [1.54, 1.807) is 0 Å². The van der Waals surface area contributed by atoms with Crippen LogP contribution in [0.25, 0.3) is 0 Å². The molecule has 122 valence electrons. The molecular formula is C21H25FO. The maximum atomic E-state index is 13.1. The minimum Gasteiger partial charge on any atom is -0.390 e. The summed E-state index contributed by atoms with van der Waals surface area (Å²) in [5.74, 6) is 0.0714. The molecule has 0 amide bonds. The molecule has 0 bridgehead atoms. The summed E-state index contributed by atoms with van der Waals surface area (Å²) in [5.41, 5.74) is 1.81. The molecule has 0 radical (unpaired) electrons. The molecule has 2 unspecified atom stereocenters. The van der Waals surface area contributed by atoms with Crippen LogP contribution in [-0.2, 0) is 12.8 Å². The summed E-state index contributed by atoms with van der Waals surface area (Å²) >= 11 is 0. The van der Waals surface area contributed by atoms with E-state index in [1.807, 2.05) is 18.2 Å². The predicted octanol–water partition coefficient (Wildman–Crippen LogP) is 4.92. The van der Waals surface area contributed by atoms with E-state index in [4.69, 9.17) is 0 Å². The standard InChI is InChI=1S/C21H25FO/c22-20-11-9-18(10-12-20)16-19-8-4-5-14-21(19,23)15-13-17-6-2-1-3-7-17/h1-3,6-7,9-12,19,23H,4-5,8,13-16H2. The normalized spacial score (nSPS) is 24.5. The minimum atomic E-state index is -0.595. The molecule has 2 aromatic carbocycles. The summed E-state index contributed by atoms with van der Waals surface area (Å²) in [5, 5.41) is 11.2. The second-order valence-corrected chi connectivity index (χ2v) is 6.86. The lowest BCUT2D eigenvalue weighted by Gasteiger charge is -2.40. The van der Waals surface area contributed by atoms with Gasteiger partial charge in [-0.25, -0.2) is 4.39 Å². The van der Waals surface area contributed by atoms with Gasteiger partial charge in [-0.2, -0.15) is 0 Å². The van der Waals surface area contributed by atoms with E-state index in [0.717, 1.165) is 44.1 Å². The Hall–Kier alpha value is -1.67. The van der Waals surface area contributed by atoms with Crippen molar-refractivity contribution < 1.29 is 9.50 Å². The first-order valence-corrected chi connectivity index (χ1v) is 8.66. The predicted molar refractivity (Wildman–Crippen MR) is 91.8 cm³/mol. The summed E-state index contributed by atoms with van der Waals surface area (Å²) in [6, 6.07) is 17.1. The first kappa shape index (κ1) is 16.2. The Morgan fingerprint density at radius 2 is 1.70 bits per heavy atom. The van der Waals surface area contributed by atoms with E-state index >= 15 is 0 Å². The molecule has 1 nitrogen and oxygen atoms in total. The van der Waals surface area contributed by atoms with E-state index in [0.29, 0.717) is 0 Å². The third-order valence-electron chi connectivity index (χ3n) is 5.26. The molecule has 0 aliphatic heterocycles. The van der Waals surface area contributed by atoms with Gasteiger partial charge in [-0.3, -0.25) is 0 Å². The first-order chi connectivity index (χ1) is 11.2. The summed E-state index contributed by atoms with van der Waals surface area (Å²) in [4.78, 5) is 0. The molecule has 1 fully saturated rings. The van der Waals surface area contributed by atoms with Gasteiger partial charge < -0.3 is 5.11 Å². The second kappa shape index (κ2) is 7.27. The molecule has 0 aromatic heterocycles. The van der Waals surface area contributed by atoms with Crippen LogP contribution in [0.3, 0.4) is 0 Å². The zero-order valence-electron chi connectivity index (χ0n) is 13.5. The van der Waals surface area contributed by atoms with E-state index in [9.17, 15) is 9.50 Å². The van der Waals surface area contributed by atoms with E-state index in [1.165, 1.54) is 24.1 Å². The Kier molecular flexibility index (Phi) is 5.12. The number of rotatable bonds is 5. The van der Waals surface area contributed by atoms with Crippen molar-refractivity contribution in [2.24, 2.45) is 5.92 Å². The average molecular weight is 312 g/mol. The van der Waals surface area contributed by atoms with Gasteiger partial charge in [-0.15, -0.1) is 0 Å². The van der Waals surface area contributed by atoms with Gasteiger partial charge in [0.05, 0.1) is 5.60 Å². The van der Waals surface area contributed by atoms with Crippen LogP contribution in [0.5, 0.6) is 0 Å². The van der Waals surface area contributed by atoms with Crippen LogP contribution in [0, 0.1) is 11.7 Å². The van der Waals surface area contributed by atoms with Gasteiger partial charge in [0.1, 0.15) is 5.82 Å². The van der Waals surface area contributed by atoms with Crippen molar-refractivity contribution in [2.75, 3.05) is 0 Å². The zero-order chi connectivity index (χ0) is 16.1. The van der Waals surface area contributed by atoms with Gasteiger partial charge in [0, 0.05) is 0 Å². The number of aryl methyl sites for hydroxylation is 1. The molecule has 0 saturated heterocycles. The maximum absolute atomic E-state index is 13.1. The minimum absolute atomic E-state index is 0.197. The highest BCUT2D eigenvalue weighted by Gasteiger charge is 2.38. The largest absolute Gasteiger partial charge is 0.390 e. The molecule has 2 heteroatoms. The van der Waals surface area contributed by atoms with Crippen molar-refractivity contribution in [1.82, 2.24) is 0 Å². The molecule has 23 heavy (non-hydrogen) atoms. The fourth-order valence-electron chi connectivity index (χ4n) is 3.83. The molecule has 1 aliphatic rings. The fraction of sp³-hybridized carbons (Fsp3) is 0.429. The second-order valence-electron chi connectivity index (χ2n) is 6.86. The number of benzene rings is 2. The first-order valence-electron chi connectivity index (χ1n) is 8.66. The summed E-state index contributed by atoms with van der Waals surface area (Å²) in [6.07, 6.45) is 6.78. The molecule has 0 spiro atoms. The highest BCUT2D eigenvalue weighted by atomic mass is 19.1. The zero-order valence-corrected chi connectivity index (χ0v) is 13.5. The lowest BCUT2D eigenvalue weighted by Crippen LogP contribution is -2.42. The van der Waals surface area contributed by atoms with Gasteiger partial charge in [-0.05, 0) is 61.3 Å². The Morgan fingerprint density at radius 3 is 2.43 bits per heavy atom. The summed E-state index contributed by atoms with van der Waals surface area (Å²) in [6.45, 7) is 0. The van der Waals surface area contributed by atoms with Gasteiger partial charge in [0.15, 0.2) is 0 Å². The Bertz CT molecular complexity index is 607. The molecule has 3 rings (SSSR count). The maximum Gasteiger partial charge on any atom is 0.123 e. The van der Waals surface area contributed by atoms with Crippen molar-refractivity contribution in [3.05, 3.63) is 71.5 Å². The van der Waals surface area contributed by atoms with Crippen LogP contribution >= 0.6 is 0 Å². The van der Waals surface area contributed by atoms with Crippen LogP contribution in [-0.4, -0.2) is 10.7 Å². The summed E-state index contributed by atoms with van der Waals surface area (Å²) < 4.78 is 13.1. The fourth-order valence-corrected chi connectivity index (χ4v) is 3.83. The molecule has 1 saturated carbocycles. The third-order valence-corrected chi connectivity index (χ3v) is 5.26. The van der Waals surface area contributed by atoms with Crippen LogP contribution in [0.15, 0.2) is 54.6 Å². The highest BCUT2D eigenvalue weighted by molar-refractivity contribution is 5.18. The van der Waals surface area contributed by atoms with Crippen LogP contribution < -0.4 is 0 Å². The van der Waals surface area contributed by atoms with Crippen molar-refractivity contribution in [3.8, 4) is 0 Å². The quantitative estimate of drug-likeness (QED) is 0.830. The molecule has 1 aliphatic carbocycles. The van der Waals surface area contributed by atoms with Crippen LogP contribution in [0.2, 0.25) is 0 Å². The van der Waals surface area contributed by atoms with E-state index < -0.39 is 5.60 Å². The molecule has 2 atom stereocenters. The van der Waals surface area contributed by atoms with Crippen molar-refractivity contribution in [2.45, 2.75) is 50.5 Å². The topological polar surface area (TPSA) is 20.2 Å². The third kappa shape index (κ3) is 4.20. The van der Waals surface area contributed by atoms with Gasteiger partial charge >= 0.3 is 0 Å². The number of hydrogen-bond donors (Lipinski definition) is 1. The van der Waals surface area contributed by atoms with Crippen LogP contribution in [0.4, 0.5) is 4.39 Å². The Balaban J connectivity index is 1.68. The Labute approximate surface area is 138 Å². The SMILES string of the molecule is OC1(CCc2ccccc2)CCCCC1Cc1ccc(F)cc1. The van der Waals surface area contributed by atoms with E-state index in [-0.39, 0.29) is 11.7 Å². The lowest BCUT2D eigenvalue weighted by atomic mass is 9.70. The molecule has 0 heterocycles. The summed E-state index contributed by atoms with van der Waals surface area (Å²) in [7, 11) is 0. The van der Waals surface area contributed by atoms with Crippen molar-refractivity contribution >= 4 is 0 Å².